The van der Waals surface area contributed by atoms with Gasteiger partial charge in [0.05, 0.1) is 28.4 Å². The number of rotatable bonds is 9. The summed E-state index contributed by atoms with van der Waals surface area (Å²) in [5.41, 5.74) is 2.59. The normalized spacial score (nSPS) is 14.2. The molecule has 7 heteroatoms. The SMILES string of the molecule is COc1ccc(CN2CCC(N(C(=O)c3ccccc3)c3ccc(OC)c(OC)c3)CC2)c(OC)c1. The fourth-order valence-electron chi connectivity index (χ4n) is 4.75. The zero-order valence-corrected chi connectivity index (χ0v) is 21.4. The zero-order chi connectivity index (χ0) is 25.5. The number of hydrogen-bond acceptors (Lipinski definition) is 6. The number of carbonyl (C=O) groups excluding carboxylic acids is 1. The third kappa shape index (κ3) is 5.57. The molecule has 0 radical (unpaired) electrons. The lowest BCUT2D eigenvalue weighted by molar-refractivity contribution is 0.0958. The molecule has 1 aliphatic rings. The first-order chi connectivity index (χ1) is 17.6. The van der Waals surface area contributed by atoms with Crippen molar-refractivity contribution in [2.45, 2.75) is 25.4 Å². The molecule has 1 fully saturated rings. The monoisotopic (exact) mass is 490 g/mol. The molecule has 0 atom stereocenters. The maximum Gasteiger partial charge on any atom is 0.258 e. The van der Waals surface area contributed by atoms with Crippen molar-refractivity contribution in [3.63, 3.8) is 0 Å². The van der Waals surface area contributed by atoms with Crippen LogP contribution in [0.1, 0.15) is 28.8 Å². The predicted molar refractivity (Wildman–Crippen MR) is 141 cm³/mol. The average molecular weight is 491 g/mol. The van der Waals surface area contributed by atoms with Gasteiger partial charge in [-0.15, -0.1) is 0 Å². The second kappa shape index (κ2) is 11.8. The molecule has 1 amide bonds. The lowest BCUT2D eigenvalue weighted by atomic mass is 10.00. The van der Waals surface area contributed by atoms with E-state index in [-0.39, 0.29) is 11.9 Å². The minimum Gasteiger partial charge on any atom is -0.497 e. The number of amides is 1. The fourth-order valence-corrected chi connectivity index (χ4v) is 4.75. The molecule has 0 unspecified atom stereocenters. The van der Waals surface area contributed by atoms with E-state index in [4.69, 9.17) is 18.9 Å². The van der Waals surface area contributed by atoms with Gasteiger partial charge in [0.1, 0.15) is 11.5 Å². The Morgan fingerprint density at radius 1 is 0.806 bits per heavy atom. The van der Waals surface area contributed by atoms with E-state index < -0.39 is 0 Å². The maximum absolute atomic E-state index is 13.7. The predicted octanol–water partition coefficient (Wildman–Crippen LogP) is 5.03. The molecule has 3 aromatic rings. The molecule has 0 bridgehead atoms. The Balaban J connectivity index is 1.54. The Bertz CT molecular complexity index is 1160. The minimum atomic E-state index is -0.0157. The molecule has 1 aliphatic heterocycles. The molecule has 1 heterocycles. The molecule has 0 saturated carbocycles. The van der Waals surface area contributed by atoms with Gasteiger partial charge in [-0.05, 0) is 43.2 Å². The van der Waals surface area contributed by atoms with Crippen LogP contribution in [-0.2, 0) is 6.54 Å². The van der Waals surface area contributed by atoms with Crippen LogP contribution >= 0.6 is 0 Å². The molecular formula is C29H34N2O5. The fraction of sp³-hybridized carbons (Fsp3) is 0.345. The number of carbonyl (C=O) groups is 1. The summed E-state index contributed by atoms with van der Waals surface area (Å²) < 4.78 is 21.9. The van der Waals surface area contributed by atoms with E-state index in [0.717, 1.165) is 55.2 Å². The third-order valence-electron chi connectivity index (χ3n) is 6.70. The molecule has 7 nitrogen and oxygen atoms in total. The van der Waals surface area contributed by atoms with Crippen molar-refractivity contribution < 1.29 is 23.7 Å². The first-order valence-electron chi connectivity index (χ1n) is 12.1. The van der Waals surface area contributed by atoms with Crippen LogP contribution in [0.3, 0.4) is 0 Å². The highest BCUT2D eigenvalue weighted by atomic mass is 16.5. The van der Waals surface area contributed by atoms with Gasteiger partial charge in [0.25, 0.3) is 5.91 Å². The highest BCUT2D eigenvalue weighted by molar-refractivity contribution is 6.06. The number of ether oxygens (including phenoxy) is 4. The van der Waals surface area contributed by atoms with Gasteiger partial charge in [0, 0.05) is 54.6 Å². The summed E-state index contributed by atoms with van der Waals surface area (Å²) in [7, 11) is 6.55. The van der Waals surface area contributed by atoms with E-state index in [0.29, 0.717) is 17.1 Å². The topological polar surface area (TPSA) is 60.5 Å². The van der Waals surface area contributed by atoms with Crippen molar-refractivity contribution in [3.05, 3.63) is 77.9 Å². The maximum atomic E-state index is 13.7. The number of methoxy groups -OCH3 is 4. The average Bonchev–Trinajstić information content (AvgIpc) is 2.94. The molecule has 0 spiro atoms. The molecule has 1 saturated heterocycles. The third-order valence-corrected chi connectivity index (χ3v) is 6.70. The van der Waals surface area contributed by atoms with Crippen LogP contribution in [0, 0.1) is 0 Å². The van der Waals surface area contributed by atoms with Gasteiger partial charge in [0.2, 0.25) is 0 Å². The standard InChI is InChI=1S/C29H34N2O5/c1-33-25-12-10-22(27(19-25)35-3)20-30-16-14-23(15-17-30)31(29(32)21-8-6-5-7-9-21)24-11-13-26(34-2)28(18-24)36-4/h5-13,18-19,23H,14-17,20H2,1-4H3. The van der Waals surface area contributed by atoms with Crippen LogP contribution in [0.2, 0.25) is 0 Å². The molecular weight excluding hydrogens is 456 g/mol. The van der Waals surface area contributed by atoms with Gasteiger partial charge in [-0.3, -0.25) is 9.69 Å². The Morgan fingerprint density at radius 2 is 1.50 bits per heavy atom. The highest BCUT2D eigenvalue weighted by Crippen LogP contribution is 2.35. The minimum absolute atomic E-state index is 0.0157. The summed E-state index contributed by atoms with van der Waals surface area (Å²) in [5.74, 6) is 2.82. The molecule has 3 aromatic carbocycles. The summed E-state index contributed by atoms with van der Waals surface area (Å²) in [5, 5.41) is 0. The van der Waals surface area contributed by atoms with E-state index in [1.165, 1.54) is 0 Å². The van der Waals surface area contributed by atoms with Gasteiger partial charge in [-0.2, -0.15) is 0 Å². The summed E-state index contributed by atoms with van der Waals surface area (Å²) in [6, 6.07) is 21.1. The van der Waals surface area contributed by atoms with Crippen molar-refractivity contribution in [2.24, 2.45) is 0 Å². The van der Waals surface area contributed by atoms with Crippen LogP contribution in [0.5, 0.6) is 23.0 Å². The summed E-state index contributed by atoms with van der Waals surface area (Å²) in [6.07, 6.45) is 1.71. The number of nitrogens with zero attached hydrogens (tertiary/aromatic N) is 2. The largest absolute Gasteiger partial charge is 0.497 e. The number of anilines is 1. The molecule has 190 valence electrons. The number of piperidine rings is 1. The van der Waals surface area contributed by atoms with E-state index in [9.17, 15) is 4.79 Å². The summed E-state index contributed by atoms with van der Waals surface area (Å²) >= 11 is 0. The Morgan fingerprint density at radius 3 is 2.14 bits per heavy atom. The van der Waals surface area contributed by atoms with E-state index in [2.05, 4.69) is 11.0 Å². The number of hydrogen-bond donors (Lipinski definition) is 0. The van der Waals surface area contributed by atoms with Crippen LogP contribution in [0.25, 0.3) is 0 Å². The smallest absolute Gasteiger partial charge is 0.258 e. The lowest BCUT2D eigenvalue weighted by Crippen LogP contribution is -2.47. The van der Waals surface area contributed by atoms with E-state index in [1.807, 2.05) is 65.6 Å². The summed E-state index contributed by atoms with van der Waals surface area (Å²) in [4.78, 5) is 18.0. The second-order valence-electron chi connectivity index (χ2n) is 8.77. The molecule has 4 rings (SSSR count). The molecule has 36 heavy (non-hydrogen) atoms. The number of benzene rings is 3. The van der Waals surface area contributed by atoms with Crippen molar-refractivity contribution in [1.82, 2.24) is 4.90 Å². The van der Waals surface area contributed by atoms with Crippen molar-refractivity contribution >= 4 is 11.6 Å². The van der Waals surface area contributed by atoms with Gasteiger partial charge in [0.15, 0.2) is 11.5 Å². The highest BCUT2D eigenvalue weighted by Gasteiger charge is 2.31. The van der Waals surface area contributed by atoms with Gasteiger partial charge in [-0.25, -0.2) is 0 Å². The Hall–Kier alpha value is -3.71. The van der Waals surface area contributed by atoms with Crippen LogP contribution in [0.4, 0.5) is 5.69 Å². The van der Waals surface area contributed by atoms with Gasteiger partial charge in [-0.1, -0.05) is 24.3 Å². The first-order valence-corrected chi connectivity index (χ1v) is 12.1. The van der Waals surface area contributed by atoms with Crippen LogP contribution in [-0.4, -0.2) is 58.4 Å². The van der Waals surface area contributed by atoms with Gasteiger partial charge >= 0.3 is 0 Å². The lowest BCUT2D eigenvalue weighted by Gasteiger charge is -2.39. The zero-order valence-electron chi connectivity index (χ0n) is 21.4. The quantitative estimate of drug-likeness (QED) is 0.419. The Kier molecular flexibility index (Phi) is 8.33. The van der Waals surface area contributed by atoms with Crippen molar-refractivity contribution in [2.75, 3.05) is 46.4 Å². The van der Waals surface area contributed by atoms with Crippen molar-refractivity contribution in [3.8, 4) is 23.0 Å². The molecule has 0 aromatic heterocycles. The second-order valence-corrected chi connectivity index (χ2v) is 8.77. The Labute approximate surface area is 213 Å². The molecule has 0 aliphatic carbocycles. The van der Waals surface area contributed by atoms with Gasteiger partial charge < -0.3 is 23.8 Å². The van der Waals surface area contributed by atoms with E-state index >= 15 is 0 Å². The number of likely N-dealkylation sites (tertiary alicyclic amines) is 1. The first kappa shape index (κ1) is 25.4. The van der Waals surface area contributed by atoms with Crippen LogP contribution < -0.4 is 23.8 Å². The van der Waals surface area contributed by atoms with Crippen molar-refractivity contribution in [1.29, 1.82) is 0 Å². The van der Waals surface area contributed by atoms with Crippen LogP contribution in [0.15, 0.2) is 66.7 Å². The summed E-state index contributed by atoms with van der Waals surface area (Å²) in [6.45, 7) is 2.51. The van der Waals surface area contributed by atoms with E-state index in [1.54, 1.807) is 28.4 Å². The molecule has 0 N–H and O–H groups in total.